The summed E-state index contributed by atoms with van der Waals surface area (Å²) in [4.78, 5) is 25.2. The molecule has 1 unspecified atom stereocenters. The smallest absolute Gasteiger partial charge is 0.323 e. The summed E-state index contributed by atoms with van der Waals surface area (Å²) < 4.78 is 1.99. The normalized spacial score (nSPS) is 22.4. The summed E-state index contributed by atoms with van der Waals surface area (Å²) in [6, 6.07) is 0.174. The number of amides is 2. The molecule has 2 amide bonds. The molecule has 0 radical (unpaired) electrons. The molecule has 1 aromatic heterocycles. The van der Waals surface area contributed by atoms with E-state index in [2.05, 4.69) is 10.4 Å². The van der Waals surface area contributed by atoms with Gasteiger partial charge >= 0.3 is 12.0 Å². The maximum absolute atomic E-state index is 12.4. The van der Waals surface area contributed by atoms with Crippen molar-refractivity contribution >= 4 is 17.8 Å². The SMILES string of the molecule is Cc1cn(C2CCCCC2)nc1NC(=O)N1CCCC(C(=O)O)C1. The first-order valence-electron chi connectivity index (χ1n) is 8.89. The summed E-state index contributed by atoms with van der Waals surface area (Å²) in [6.45, 7) is 2.81. The fourth-order valence-electron chi connectivity index (χ4n) is 3.68. The van der Waals surface area contributed by atoms with Crippen molar-refractivity contribution in [1.82, 2.24) is 14.7 Å². The Kier molecular flexibility index (Phi) is 5.06. The van der Waals surface area contributed by atoms with Crippen LogP contribution in [0.15, 0.2) is 6.20 Å². The quantitative estimate of drug-likeness (QED) is 0.889. The zero-order valence-electron chi connectivity index (χ0n) is 14.2. The molecule has 7 heteroatoms. The lowest BCUT2D eigenvalue weighted by molar-refractivity contribution is -0.143. The zero-order chi connectivity index (χ0) is 17.1. The van der Waals surface area contributed by atoms with Gasteiger partial charge in [0, 0.05) is 24.8 Å². The van der Waals surface area contributed by atoms with Gasteiger partial charge in [0.25, 0.3) is 0 Å². The number of anilines is 1. The number of nitrogens with one attached hydrogen (secondary N) is 1. The molecule has 1 aliphatic carbocycles. The van der Waals surface area contributed by atoms with Crippen LogP contribution in [0.25, 0.3) is 0 Å². The Morgan fingerprint density at radius 2 is 1.96 bits per heavy atom. The second kappa shape index (κ2) is 7.23. The van der Waals surface area contributed by atoms with Gasteiger partial charge in [-0.3, -0.25) is 14.8 Å². The van der Waals surface area contributed by atoms with Gasteiger partial charge < -0.3 is 10.0 Å². The molecule has 0 bridgehead atoms. The first-order valence-corrected chi connectivity index (χ1v) is 8.89. The van der Waals surface area contributed by atoms with Gasteiger partial charge in [0.2, 0.25) is 0 Å². The van der Waals surface area contributed by atoms with Crippen LogP contribution in [0.1, 0.15) is 56.6 Å². The van der Waals surface area contributed by atoms with Crippen molar-refractivity contribution in [1.29, 1.82) is 0 Å². The molecule has 1 atom stereocenters. The van der Waals surface area contributed by atoms with Crippen LogP contribution < -0.4 is 5.32 Å². The molecule has 2 N–H and O–H groups in total. The largest absolute Gasteiger partial charge is 0.481 e. The van der Waals surface area contributed by atoms with E-state index in [-0.39, 0.29) is 12.6 Å². The van der Waals surface area contributed by atoms with Crippen molar-refractivity contribution < 1.29 is 14.7 Å². The summed E-state index contributed by atoms with van der Waals surface area (Å²) in [5.74, 6) is -0.710. The van der Waals surface area contributed by atoms with Gasteiger partial charge in [-0.1, -0.05) is 19.3 Å². The van der Waals surface area contributed by atoms with Crippen molar-refractivity contribution in [2.45, 2.75) is 57.9 Å². The molecule has 1 aromatic rings. The van der Waals surface area contributed by atoms with Gasteiger partial charge in [-0.25, -0.2) is 4.79 Å². The third-order valence-corrected chi connectivity index (χ3v) is 5.15. The molecule has 7 nitrogen and oxygen atoms in total. The zero-order valence-corrected chi connectivity index (χ0v) is 14.2. The fraction of sp³-hybridized carbons (Fsp3) is 0.706. The number of aromatic nitrogens is 2. The van der Waals surface area contributed by atoms with E-state index in [9.17, 15) is 9.59 Å². The molecule has 2 aliphatic rings. The summed E-state index contributed by atoms with van der Waals surface area (Å²) in [7, 11) is 0. The lowest BCUT2D eigenvalue weighted by Crippen LogP contribution is -2.44. The maximum atomic E-state index is 12.4. The highest BCUT2D eigenvalue weighted by Crippen LogP contribution is 2.29. The predicted molar refractivity (Wildman–Crippen MR) is 90.0 cm³/mol. The average molecular weight is 334 g/mol. The second-order valence-corrected chi connectivity index (χ2v) is 6.99. The van der Waals surface area contributed by atoms with Gasteiger partial charge in [0.1, 0.15) is 0 Å². The third-order valence-electron chi connectivity index (χ3n) is 5.15. The molecule has 1 aliphatic heterocycles. The standard InChI is InChI=1S/C17H26N4O3/c1-12-10-21(14-7-3-2-4-8-14)19-15(12)18-17(24)20-9-5-6-13(11-20)16(22)23/h10,13-14H,2-9,11H2,1H3,(H,22,23)(H,18,19,24). The van der Waals surface area contributed by atoms with E-state index in [0.29, 0.717) is 24.8 Å². The topological polar surface area (TPSA) is 87.5 Å². The van der Waals surface area contributed by atoms with Crippen LogP contribution >= 0.6 is 0 Å². The number of carboxylic acids is 1. The van der Waals surface area contributed by atoms with Crippen LogP contribution in [0.4, 0.5) is 10.6 Å². The second-order valence-electron chi connectivity index (χ2n) is 6.99. The molecule has 3 rings (SSSR count). The van der Waals surface area contributed by atoms with Crippen molar-refractivity contribution in [3.8, 4) is 0 Å². The van der Waals surface area contributed by atoms with Gasteiger partial charge in [-0.05, 0) is 32.6 Å². The van der Waals surface area contributed by atoms with E-state index < -0.39 is 11.9 Å². The lowest BCUT2D eigenvalue weighted by atomic mass is 9.96. The Morgan fingerprint density at radius 3 is 2.67 bits per heavy atom. The van der Waals surface area contributed by atoms with Gasteiger partial charge in [-0.2, -0.15) is 5.10 Å². The number of urea groups is 1. The van der Waals surface area contributed by atoms with Crippen molar-refractivity contribution in [3.63, 3.8) is 0 Å². The molecule has 0 spiro atoms. The third kappa shape index (κ3) is 3.71. The first-order chi connectivity index (χ1) is 11.5. The van der Waals surface area contributed by atoms with E-state index in [1.807, 2.05) is 17.8 Å². The van der Waals surface area contributed by atoms with E-state index in [1.54, 1.807) is 4.90 Å². The highest BCUT2D eigenvalue weighted by molar-refractivity contribution is 5.89. The van der Waals surface area contributed by atoms with E-state index in [1.165, 1.54) is 19.3 Å². The van der Waals surface area contributed by atoms with Gasteiger partial charge in [0.05, 0.1) is 12.0 Å². The van der Waals surface area contributed by atoms with Crippen molar-refractivity contribution in [2.24, 2.45) is 5.92 Å². The summed E-state index contributed by atoms with van der Waals surface area (Å²) in [5, 5.41) is 16.6. The van der Waals surface area contributed by atoms with Crippen LogP contribution in [-0.2, 0) is 4.79 Å². The van der Waals surface area contributed by atoms with Crippen LogP contribution in [-0.4, -0.2) is 44.9 Å². The van der Waals surface area contributed by atoms with Crippen LogP contribution in [0.5, 0.6) is 0 Å². The Hall–Kier alpha value is -2.05. The van der Waals surface area contributed by atoms with E-state index >= 15 is 0 Å². The van der Waals surface area contributed by atoms with Crippen LogP contribution in [0, 0.1) is 12.8 Å². The van der Waals surface area contributed by atoms with Gasteiger partial charge in [0.15, 0.2) is 5.82 Å². The molecule has 24 heavy (non-hydrogen) atoms. The maximum Gasteiger partial charge on any atom is 0.323 e. The monoisotopic (exact) mass is 334 g/mol. The molecular formula is C17H26N4O3. The molecule has 0 aromatic carbocycles. The minimum atomic E-state index is -0.828. The molecule has 1 saturated heterocycles. The summed E-state index contributed by atoms with van der Waals surface area (Å²) in [6.07, 6.45) is 9.39. The van der Waals surface area contributed by atoms with Crippen LogP contribution in [0.2, 0.25) is 0 Å². The van der Waals surface area contributed by atoms with Crippen molar-refractivity contribution in [2.75, 3.05) is 18.4 Å². The average Bonchev–Trinajstić information content (AvgIpc) is 2.96. The Morgan fingerprint density at radius 1 is 1.21 bits per heavy atom. The number of likely N-dealkylation sites (tertiary alicyclic amines) is 1. The molecule has 1 saturated carbocycles. The van der Waals surface area contributed by atoms with Crippen molar-refractivity contribution in [3.05, 3.63) is 11.8 Å². The molecule has 2 fully saturated rings. The number of carbonyl (C=O) groups is 2. The van der Waals surface area contributed by atoms with E-state index in [4.69, 9.17) is 5.11 Å². The Labute approximate surface area is 142 Å². The Balaban J connectivity index is 1.63. The number of nitrogens with zero attached hydrogens (tertiary/aromatic N) is 3. The number of aryl methyl sites for hydroxylation is 1. The minimum absolute atomic E-state index is 0.252. The molecular weight excluding hydrogens is 308 g/mol. The summed E-state index contributed by atoms with van der Waals surface area (Å²) >= 11 is 0. The first kappa shape index (κ1) is 16.8. The molecule has 2 heterocycles. The number of carboxylic acid groups (broad SMARTS) is 1. The predicted octanol–water partition coefficient (Wildman–Crippen LogP) is 3.03. The number of hydrogen-bond donors (Lipinski definition) is 2. The lowest BCUT2D eigenvalue weighted by Gasteiger charge is -2.30. The fourth-order valence-corrected chi connectivity index (χ4v) is 3.68. The highest BCUT2D eigenvalue weighted by atomic mass is 16.4. The minimum Gasteiger partial charge on any atom is -0.481 e. The van der Waals surface area contributed by atoms with Gasteiger partial charge in [-0.15, -0.1) is 0 Å². The number of rotatable bonds is 3. The highest BCUT2D eigenvalue weighted by Gasteiger charge is 2.28. The number of aliphatic carboxylic acids is 1. The number of carbonyl (C=O) groups excluding carboxylic acids is 1. The number of hydrogen-bond acceptors (Lipinski definition) is 3. The summed E-state index contributed by atoms with van der Waals surface area (Å²) in [5.41, 5.74) is 0.945. The Bertz CT molecular complexity index is 607. The van der Waals surface area contributed by atoms with Crippen LogP contribution in [0.3, 0.4) is 0 Å². The molecule has 132 valence electrons. The number of piperidine rings is 1. The van der Waals surface area contributed by atoms with E-state index in [0.717, 1.165) is 24.8 Å².